The molecule has 2 aromatic carbocycles. The Morgan fingerprint density at radius 2 is 1.50 bits per heavy atom. The van der Waals surface area contributed by atoms with Gasteiger partial charge in [0.2, 0.25) is 0 Å². The highest BCUT2D eigenvalue weighted by molar-refractivity contribution is 6.14. The second-order valence-electron chi connectivity index (χ2n) is 6.94. The van der Waals surface area contributed by atoms with Crippen molar-refractivity contribution in [1.29, 1.82) is 0 Å². The van der Waals surface area contributed by atoms with E-state index in [-0.39, 0.29) is 12.5 Å². The maximum Gasteiger partial charge on any atom is 0.407 e. The van der Waals surface area contributed by atoms with E-state index in [1.165, 1.54) is 0 Å². The summed E-state index contributed by atoms with van der Waals surface area (Å²) in [4.78, 5) is 47.7. The van der Waals surface area contributed by atoms with Crippen molar-refractivity contribution >= 4 is 23.9 Å². The maximum atomic E-state index is 12.2. The number of carbonyl (C=O) groups is 4. The Morgan fingerprint density at radius 1 is 0.967 bits per heavy atom. The minimum Gasteiger partial charge on any atom is -0.480 e. The molecule has 0 bridgehead atoms. The van der Waals surface area contributed by atoms with Crippen LogP contribution in [-0.4, -0.2) is 53.1 Å². The lowest BCUT2D eigenvalue weighted by Gasteiger charge is -2.22. The molecule has 0 unspecified atom stereocenters. The minimum atomic E-state index is -1.51. The predicted molar refractivity (Wildman–Crippen MR) is 105 cm³/mol. The Hall–Kier alpha value is -3.94. The lowest BCUT2D eigenvalue weighted by molar-refractivity contribution is -0.153. The number of benzene rings is 2. The molecule has 30 heavy (non-hydrogen) atoms. The summed E-state index contributed by atoms with van der Waals surface area (Å²) < 4.78 is 5.34. The van der Waals surface area contributed by atoms with Gasteiger partial charge < -0.3 is 15.2 Å². The average molecular weight is 406 g/mol. The fourth-order valence-corrected chi connectivity index (χ4v) is 3.84. The number of amides is 3. The number of aliphatic carboxylic acids is 1. The highest BCUT2D eigenvalue weighted by atomic mass is 16.5. The Morgan fingerprint density at radius 3 is 2.03 bits per heavy atom. The van der Waals surface area contributed by atoms with Gasteiger partial charge in [0.05, 0.1) is 6.54 Å². The molecule has 2 N–H and O–H groups in total. The van der Waals surface area contributed by atoms with Crippen molar-refractivity contribution in [2.75, 3.05) is 13.2 Å². The first kappa shape index (κ1) is 19.4. The molecule has 2 aliphatic rings. The molecule has 1 heterocycles. The molecule has 3 amide bonds. The zero-order valence-electron chi connectivity index (χ0n) is 15.8. The molecular formula is C22H18N2O6. The van der Waals surface area contributed by atoms with Crippen molar-refractivity contribution in [3.05, 3.63) is 71.8 Å². The molecule has 1 aliphatic carbocycles. The fourth-order valence-electron chi connectivity index (χ4n) is 3.84. The van der Waals surface area contributed by atoms with E-state index in [0.29, 0.717) is 4.90 Å². The van der Waals surface area contributed by atoms with Gasteiger partial charge >= 0.3 is 12.1 Å². The van der Waals surface area contributed by atoms with E-state index in [9.17, 15) is 24.3 Å². The van der Waals surface area contributed by atoms with E-state index in [1.54, 1.807) is 0 Å². The van der Waals surface area contributed by atoms with Crippen LogP contribution < -0.4 is 5.32 Å². The first-order valence-corrected chi connectivity index (χ1v) is 9.34. The van der Waals surface area contributed by atoms with Gasteiger partial charge in [0.15, 0.2) is 6.04 Å². The van der Waals surface area contributed by atoms with E-state index in [4.69, 9.17) is 4.74 Å². The molecule has 0 aromatic heterocycles. The van der Waals surface area contributed by atoms with E-state index in [1.807, 2.05) is 48.5 Å². The number of nitrogens with zero attached hydrogens (tertiary/aromatic N) is 1. The Bertz CT molecular complexity index is 1010. The highest BCUT2D eigenvalue weighted by Crippen LogP contribution is 2.44. The summed E-state index contributed by atoms with van der Waals surface area (Å²) in [5.74, 6) is -3.01. The second kappa shape index (κ2) is 7.82. The number of fused-ring (bicyclic) bond motifs is 3. The van der Waals surface area contributed by atoms with Crippen LogP contribution in [0, 0.1) is 0 Å². The number of alkyl carbamates (subject to hydrolysis) is 1. The van der Waals surface area contributed by atoms with Crippen LogP contribution in [0.3, 0.4) is 0 Å². The van der Waals surface area contributed by atoms with Crippen LogP contribution in [0.4, 0.5) is 4.79 Å². The molecule has 8 nitrogen and oxygen atoms in total. The molecule has 2 aromatic rings. The number of hydrogen-bond donors (Lipinski definition) is 2. The first-order chi connectivity index (χ1) is 14.5. The molecule has 0 saturated carbocycles. The van der Waals surface area contributed by atoms with E-state index >= 15 is 0 Å². The van der Waals surface area contributed by atoms with Crippen LogP contribution in [0.1, 0.15) is 17.0 Å². The summed E-state index contributed by atoms with van der Waals surface area (Å²) in [7, 11) is 0. The zero-order chi connectivity index (χ0) is 21.3. The lowest BCUT2D eigenvalue weighted by Crippen LogP contribution is -2.51. The number of nitrogens with one attached hydrogen (secondary N) is 1. The van der Waals surface area contributed by atoms with Crippen molar-refractivity contribution in [3.8, 4) is 11.1 Å². The van der Waals surface area contributed by atoms with Gasteiger partial charge in [0.25, 0.3) is 11.8 Å². The number of ether oxygens (including phenoxy) is 1. The van der Waals surface area contributed by atoms with Crippen LogP contribution in [0.15, 0.2) is 60.7 Å². The third kappa shape index (κ3) is 3.43. The molecule has 1 atom stereocenters. The topological polar surface area (TPSA) is 113 Å². The first-order valence-electron chi connectivity index (χ1n) is 9.34. The van der Waals surface area contributed by atoms with Gasteiger partial charge in [-0.25, -0.2) is 9.59 Å². The monoisotopic (exact) mass is 406 g/mol. The van der Waals surface area contributed by atoms with Crippen LogP contribution in [0.25, 0.3) is 11.1 Å². The second-order valence-corrected chi connectivity index (χ2v) is 6.94. The largest absolute Gasteiger partial charge is 0.480 e. The average Bonchev–Trinajstić information content (AvgIpc) is 3.24. The lowest BCUT2D eigenvalue weighted by atomic mass is 9.98. The Kier molecular flexibility index (Phi) is 5.05. The minimum absolute atomic E-state index is 0.0702. The number of rotatable bonds is 6. The molecular weight excluding hydrogens is 388 g/mol. The number of imide groups is 1. The predicted octanol–water partition coefficient (Wildman–Crippen LogP) is 1.90. The van der Waals surface area contributed by atoms with Crippen molar-refractivity contribution in [1.82, 2.24) is 10.2 Å². The van der Waals surface area contributed by atoms with Gasteiger partial charge in [0.1, 0.15) is 6.61 Å². The zero-order valence-corrected chi connectivity index (χ0v) is 15.8. The molecule has 0 spiro atoms. The molecule has 0 fully saturated rings. The maximum absolute atomic E-state index is 12.2. The molecule has 0 radical (unpaired) electrons. The van der Waals surface area contributed by atoms with Crippen molar-refractivity contribution in [2.24, 2.45) is 0 Å². The summed E-state index contributed by atoms with van der Waals surface area (Å²) in [6.07, 6.45) is 1.16. The van der Waals surface area contributed by atoms with Crippen LogP contribution in [0.5, 0.6) is 0 Å². The summed E-state index contributed by atoms with van der Waals surface area (Å²) >= 11 is 0. The molecule has 8 heteroatoms. The third-order valence-electron chi connectivity index (χ3n) is 5.22. The summed E-state index contributed by atoms with van der Waals surface area (Å²) in [6.45, 7) is -0.383. The third-order valence-corrected chi connectivity index (χ3v) is 5.22. The number of carbonyl (C=O) groups excluding carboxylic acids is 3. The number of carboxylic acids is 1. The van der Waals surface area contributed by atoms with Crippen LogP contribution >= 0.6 is 0 Å². The van der Waals surface area contributed by atoms with Gasteiger partial charge in [-0.1, -0.05) is 48.5 Å². The normalized spacial score (nSPS) is 15.7. The van der Waals surface area contributed by atoms with Gasteiger partial charge in [-0.15, -0.1) is 0 Å². The Labute approximate surface area is 171 Å². The number of carboxylic acid groups (broad SMARTS) is 1. The fraction of sp³-hybridized carbons (Fsp3) is 0.182. The molecule has 152 valence electrons. The van der Waals surface area contributed by atoms with Gasteiger partial charge in [-0.05, 0) is 22.3 Å². The smallest absolute Gasteiger partial charge is 0.407 e. The van der Waals surface area contributed by atoms with Gasteiger partial charge in [0, 0.05) is 18.1 Å². The highest BCUT2D eigenvalue weighted by Gasteiger charge is 2.36. The van der Waals surface area contributed by atoms with Crippen LogP contribution in [-0.2, 0) is 19.1 Å². The van der Waals surface area contributed by atoms with E-state index in [0.717, 1.165) is 34.4 Å². The summed E-state index contributed by atoms with van der Waals surface area (Å²) in [5.41, 5.74) is 4.28. The standard InChI is InChI=1S/C22H18N2O6/c25-19-9-10-20(26)24(19)18(21(27)28)11-23-22(29)30-12-17-15-7-3-1-5-13(15)14-6-2-4-8-16(14)17/h1-10,17-18H,11-12H2,(H,23,29)(H,27,28)/t18-/m0/s1. The summed E-state index contributed by atoms with van der Waals surface area (Å²) in [6, 6.07) is 14.2. The van der Waals surface area contributed by atoms with Crippen molar-refractivity contribution in [2.45, 2.75) is 12.0 Å². The molecule has 0 saturated heterocycles. The van der Waals surface area contributed by atoms with Gasteiger partial charge in [-0.2, -0.15) is 0 Å². The number of hydrogen-bond acceptors (Lipinski definition) is 5. The van der Waals surface area contributed by atoms with Crippen molar-refractivity contribution in [3.63, 3.8) is 0 Å². The van der Waals surface area contributed by atoms with Gasteiger partial charge in [-0.3, -0.25) is 14.5 Å². The molecule has 1 aliphatic heterocycles. The SMILES string of the molecule is O=C(NC[C@@H](C(=O)O)N1C(=O)C=CC1=O)OCC1c2ccccc2-c2ccccc21. The van der Waals surface area contributed by atoms with E-state index < -0.39 is 36.5 Å². The van der Waals surface area contributed by atoms with E-state index in [2.05, 4.69) is 5.32 Å². The Balaban J connectivity index is 1.40. The van der Waals surface area contributed by atoms with Crippen molar-refractivity contribution < 1.29 is 29.0 Å². The molecule has 4 rings (SSSR count). The van der Waals surface area contributed by atoms with Crippen LogP contribution in [0.2, 0.25) is 0 Å². The summed E-state index contributed by atoms with van der Waals surface area (Å²) in [5, 5.41) is 11.7. The quantitative estimate of drug-likeness (QED) is 0.709.